The Morgan fingerprint density at radius 3 is 1.38 bits per heavy atom. The predicted molar refractivity (Wildman–Crippen MR) is 31.6 cm³/mol. The number of nitrogens with one attached hydrogen (secondary N) is 1. The van der Waals surface area contributed by atoms with E-state index in [-0.39, 0.29) is 63.2 Å². The molecule has 42 valence electrons. The molecule has 0 aromatic carbocycles. The first-order valence-corrected chi connectivity index (χ1v) is 1.91. The summed E-state index contributed by atoms with van der Waals surface area (Å²) in [7, 11) is 0. The Labute approximate surface area is 90.6 Å². The molecule has 3 nitrogen and oxygen atoms in total. The van der Waals surface area contributed by atoms with Crippen LogP contribution in [0.2, 0.25) is 0 Å². The molecule has 1 N–H and O–H groups in total. The Kier molecular flexibility index (Phi) is 8.53. The van der Waals surface area contributed by atoms with Gasteiger partial charge in [-0.15, -0.1) is 0 Å². The van der Waals surface area contributed by atoms with Gasteiger partial charge < -0.3 is 0 Å². The summed E-state index contributed by atoms with van der Waals surface area (Å²) in [5, 5.41) is 2.03. The van der Waals surface area contributed by atoms with E-state index in [1.54, 1.807) is 0 Å². The quantitative estimate of drug-likeness (QED) is 0.441. The minimum absolute atomic E-state index is 0. The van der Waals surface area contributed by atoms with Crippen LogP contribution in [0.15, 0.2) is 0 Å². The number of imide groups is 1. The van der Waals surface area contributed by atoms with Crippen LogP contribution in [-0.4, -0.2) is 63.2 Å². The van der Waals surface area contributed by atoms with Crippen LogP contribution in [-0.2, 0) is 9.59 Å². The van der Waals surface area contributed by atoms with Gasteiger partial charge >= 0.3 is 51.4 Å². The molecule has 0 fully saturated rings. The van der Waals surface area contributed by atoms with Crippen molar-refractivity contribution in [3.05, 3.63) is 0 Å². The van der Waals surface area contributed by atoms with Gasteiger partial charge in [0.1, 0.15) is 0 Å². The fourth-order valence-corrected chi connectivity index (χ4v) is 0.248. The average molecular weight is 141 g/mol. The third-order valence-corrected chi connectivity index (χ3v) is 0.352. The van der Waals surface area contributed by atoms with E-state index in [0.717, 1.165) is 0 Å². The number of carbonyl (C=O) groups is 2. The number of hydrogen-bond acceptors (Lipinski definition) is 2. The second-order valence-corrected chi connectivity index (χ2v) is 1.24. The summed E-state index contributed by atoms with van der Waals surface area (Å²) in [6, 6.07) is 0. The van der Waals surface area contributed by atoms with E-state index in [1.165, 1.54) is 13.8 Å². The van der Waals surface area contributed by atoms with Gasteiger partial charge in [-0.25, -0.2) is 0 Å². The van der Waals surface area contributed by atoms with Crippen LogP contribution in [0.3, 0.4) is 0 Å². The Morgan fingerprint density at radius 1 is 1.12 bits per heavy atom. The van der Waals surface area contributed by atoms with Gasteiger partial charge in [0.05, 0.1) is 0 Å². The molecule has 0 aromatic rings. The summed E-state index contributed by atoms with van der Waals surface area (Å²) in [6.07, 6.45) is 0. The van der Waals surface area contributed by atoms with Crippen molar-refractivity contribution in [3.8, 4) is 0 Å². The molecule has 0 atom stereocenters. The van der Waals surface area contributed by atoms with E-state index in [2.05, 4.69) is 0 Å². The van der Waals surface area contributed by atoms with Crippen molar-refractivity contribution in [3.63, 3.8) is 0 Å². The summed E-state index contributed by atoms with van der Waals surface area (Å²) in [5.74, 6) is -0.625. The minimum atomic E-state index is -0.312. The van der Waals surface area contributed by atoms with E-state index in [9.17, 15) is 9.59 Å². The molecular weight excluding hydrogens is 133 g/mol. The molecule has 0 aliphatic carbocycles. The van der Waals surface area contributed by atoms with Crippen LogP contribution in [0.4, 0.5) is 0 Å². The second-order valence-electron chi connectivity index (χ2n) is 1.24. The van der Waals surface area contributed by atoms with Crippen LogP contribution in [0.5, 0.6) is 0 Å². The molecule has 2 amide bonds. The molecule has 0 radical (unpaired) electrons. The third kappa shape index (κ3) is 9.91. The summed E-state index contributed by atoms with van der Waals surface area (Å²) in [6.45, 7) is 2.59. The molecule has 8 heavy (non-hydrogen) atoms. The van der Waals surface area contributed by atoms with Gasteiger partial charge in [-0.1, -0.05) is 0 Å². The van der Waals surface area contributed by atoms with Crippen LogP contribution in [0, 0.1) is 0 Å². The standard InChI is InChI=1S/C4H7NO2.K.H/c1-3(6)5-4(2)7;;/h1-2H3,(H,5,6,7);;. The van der Waals surface area contributed by atoms with E-state index < -0.39 is 0 Å². The summed E-state index contributed by atoms with van der Waals surface area (Å²) >= 11 is 0. The number of carbonyl (C=O) groups excluding carboxylic acids is 2. The van der Waals surface area contributed by atoms with Crippen LogP contribution >= 0.6 is 0 Å². The maximum atomic E-state index is 9.92. The van der Waals surface area contributed by atoms with Crippen molar-refractivity contribution in [1.82, 2.24) is 5.32 Å². The van der Waals surface area contributed by atoms with Crippen LogP contribution in [0.25, 0.3) is 0 Å². The van der Waals surface area contributed by atoms with Gasteiger partial charge in [0, 0.05) is 13.8 Å². The summed E-state index contributed by atoms with van der Waals surface area (Å²) in [4.78, 5) is 19.8. The zero-order valence-electron chi connectivity index (χ0n) is 4.32. The Hall–Kier alpha value is 0.776. The van der Waals surface area contributed by atoms with Crippen molar-refractivity contribution in [2.75, 3.05) is 0 Å². The van der Waals surface area contributed by atoms with Crippen LogP contribution < -0.4 is 5.32 Å². The summed E-state index contributed by atoms with van der Waals surface area (Å²) in [5.41, 5.74) is 0. The predicted octanol–water partition coefficient (Wildman–Crippen LogP) is -0.980. The van der Waals surface area contributed by atoms with Crippen molar-refractivity contribution in [2.45, 2.75) is 13.8 Å². The average Bonchev–Trinajstić information content (AvgIpc) is 1.27. The Bertz CT molecular complexity index is 90.2. The monoisotopic (exact) mass is 141 g/mol. The van der Waals surface area contributed by atoms with Gasteiger partial charge in [0.2, 0.25) is 11.8 Å². The fraction of sp³-hybridized carbons (Fsp3) is 0.500. The first kappa shape index (κ1) is 11.6. The van der Waals surface area contributed by atoms with E-state index in [0.29, 0.717) is 0 Å². The van der Waals surface area contributed by atoms with Crippen molar-refractivity contribution < 1.29 is 9.59 Å². The molecule has 0 heterocycles. The SMILES string of the molecule is CC(=O)NC(C)=O.[KH]. The molecule has 0 aromatic heterocycles. The van der Waals surface area contributed by atoms with Gasteiger partial charge in [-0.05, 0) is 0 Å². The Balaban J connectivity index is 0. The normalized spacial score (nSPS) is 6.75. The van der Waals surface area contributed by atoms with Gasteiger partial charge in [0.25, 0.3) is 0 Å². The molecule has 0 saturated heterocycles. The molecule has 0 aliphatic rings. The maximum absolute atomic E-state index is 9.92. The first-order chi connectivity index (χ1) is 3.13. The fourth-order valence-electron chi connectivity index (χ4n) is 0.248. The van der Waals surface area contributed by atoms with Gasteiger partial charge in [-0.3, -0.25) is 14.9 Å². The summed E-state index contributed by atoms with van der Waals surface area (Å²) < 4.78 is 0. The molecule has 0 spiro atoms. The van der Waals surface area contributed by atoms with Crippen molar-refractivity contribution >= 4 is 63.2 Å². The zero-order valence-corrected chi connectivity index (χ0v) is 4.32. The van der Waals surface area contributed by atoms with Gasteiger partial charge in [0.15, 0.2) is 0 Å². The Morgan fingerprint density at radius 2 is 1.38 bits per heavy atom. The van der Waals surface area contributed by atoms with E-state index in [4.69, 9.17) is 0 Å². The van der Waals surface area contributed by atoms with Crippen LogP contribution in [0.1, 0.15) is 13.8 Å². The second kappa shape index (κ2) is 5.90. The van der Waals surface area contributed by atoms with Crippen molar-refractivity contribution in [2.24, 2.45) is 0 Å². The molecule has 4 heteroatoms. The molecule has 0 unspecified atom stereocenters. The number of amides is 2. The molecule has 0 rings (SSSR count). The van der Waals surface area contributed by atoms with E-state index in [1.807, 2.05) is 5.32 Å². The third-order valence-electron chi connectivity index (χ3n) is 0.352. The zero-order chi connectivity index (χ0) is 5.86. The van der Waals surface area contributed by atoms with Crippen molar-refractivity contribution in [1.29, 1.82) is 0 Å². The molecular formula is C4H8KNO2. The topological polar surface area (TPSA) is 46.2 Å². The molecule has 0 saturated carbocycles. The molecule has 0 bridgehead atoms. The van der Waals surface area contributed by atoms with E-state index >= 15 is 0 Å². The first-order valence-electron chi connectivity index (χ1n) is 1.91. The van der Waals surface area contributed by atoms with Gasteiger partial charge in [-0.2, -0.15) is 0 Å². The molecule has 0 aliphatic heterocycles. The number of rotatable bonds is 0. The number of hydrogen-bond donors (Lipinski definition) is 1.